The van der Waals surface area contributed by atoms with E-state index in [1.54, 1.807) is 0 Å². The molecule has 8 heteroatoms. The first-order chi connectivity index (χ1) is 9.75. The highest BCUT2D eigenvalue weighted by Crippen LogP contribution is 2.74. The second-order valence-corrected chi connectivity index (χ2v) is 8.59. The van der Waals surface area contributed by atoms with Gasteiger partial charge in [0, 0.05) is 5.92 Å². The molecule has 1 saturated heterocycles. The van der Waals surface area contributed by atoms with E-state index in [0.717, 1.165) is 6.61 Å². The van der Waals surface area contributed by atoms with Crippen molar-refractivity contribution in [3.05, 3.63) is 10.1 Å². The van der Waals surface area contributed by atoms with E-state index < -0.39 is 20.0 Å². The van der Waals surface area contributed by atoms with Gasteiger partial charge in [0.1, 0.15) is 22.5 Å². The molecule has 3 rings (SSSR count). The van der Waals surface area contributed by atoms with E-state index >= 15 is 0 Å². The van der Waals surface area contributed by atoms with Gasteiger partial charge in [-0.1, -0.05) is 58.2 Å². The topological polar surface area (TPSA) is 21.8 Å². The maximum Gasteiger partial charge on any atom is 0.167 e. The van der Waals surface area contributed by atoms with Crippen molar-refractivity contribution in [3.8, 4) is 11.8 Å². The van der Waals surface area contributed by atoms with Crippen molar-refractivity contribution in [2.75, 3.05) is 19.8 Å². The van der Waals surface area contributed by atoms with Crippen LogP contribution in [0.3, 0.4) is 0 Å². The molecule has 0 aromatic rings. The zero-order valence-corrected chi connectivity index (χ0v) is 15.1. The molecular weight excluding hydrogens is 401 g/mol. The lowest BCUT2D eigenvalue weighted by molar-refractivity contribution is 0.145. The van der Waals surface area contributed by atoms with E-state index in [1.165, 1.54) is 0 Å². The molecule has 1 heterocycles. The molecule has 3 aliphatic rings. The molecule has 0 aromatic heterocycles. The molecule has 116 valence electrons. The average Bonchev–Trinajstić information content (AvgIpc) is 3.21. The highest BCUT2D eigenvalue weighted by Gasteiger charge is 2.78. The maximum absolute atomic E-state index is 6.58. The molecule has 1 aliphatic heterocycles. The molecule has 2 bridgehead atoms. The highest BCUT2D eigenvalue weighted by molar-refractivity contribution is 6.65. The summed E-state index contributed by atoms with van der Waals surface area (Å²) in [7, 11) is 0. The number of rotatable bonds is 3. The third-order valence-corrected chi connectivity index (χ3v) is 8.22. The zero-order chi connectivity index (χ0) is 15.5. The fourth-order valence-electron chi connectivity index (χ4n) is 2.63. The number of fused-ring (bicyclic) bond motifs is 2. The average molecular weight is 411 g/mol. The monoisotopic (exact) mass is 408 g/mol. The quantitative estimate of drug-likeness (QED) is 0.300. The van der Waals surface area contributed by atoms with Gasteiger partial charge in [0.15, 0.2) is 4.33 Å². The van der Waals surface area contributed by atoms with Crippen LogP contribution in [0.1, 0.15) is 6.42 Å². The summed E-state index contributed by atoms with van der Waals surface area (Å²) < 4.78 is 8.86. The summed E-state index contributed by atoms with van der Waals surface area (Å²) >= 11 is 38.1. The highest BCUT2D eigenvalue weighted by atomic mass is 35.5. The van der Waals surface area contributed by atoms with Crippen LogP contribution in [0.5, 0.6) is 0 Å². The molecule has 0 radical (unpaired) electrons. The lowest BCUT2D eigenvalue weighted by Gasteiger charge is -2.31. The third-order valence-electron chi connectivity index (χ3n) is 3.94. The van der Waals surface area contributed by atoms with Crippen molar-refractivity contribution in [2.45, 2.75) is 26.6 Å². The van der Waals surface area contributed by atoms with Crippen molar-refractivity contribution < 1.29 is 9.47 Å². The summed E-state index contributed by atoms with van der Waals surface area (Å²) in [5.41, 5.74) is 0. The minimum Gasteiger partial charge on any atom is -0.371 e. The summed E-state index contributed by atoms with van der Waals surface area (Å²) in [5, 5.41) is 0.370. The number of allylic oxidation sites excluding steroid dienone is 2. The molecule has 2 fully saturated rings. The minimum atomic E-state index is -1.51. The van der Waals surface area contributed by atoms with Crippen molar-refractivity contribution in [3.63, 3.8) is 0 Å². The molecule has 2 nitrogen and oxygen atoms in total. The van der Waals surface area contributed by atoms with Gasteiger partial charge in [0.25, 0.3) is 0 Å². The van der Waals surface area contributed by atoms with E-state index in [4.69, 9.17) is 79.1 Å². The number of alkyl halides is 4. The molecular formula is C13H10Cl6O2. The van der Waals surface area contributed by atoms with Crippen LogP contribution in [0.2, 0.25) is 0 Å². The summed E-state index contributed by atoms with van der Waals surface area (Å²) in [6.07, 6.45) is 0.535. The normalized spacial score (nSPS) is 43.0. The fourth-order valence-corrected chi connectivity index (χ4v) is 5.35. The van der Waals surface area contributed by atoms with Crippen LogP contribution in [0.15, 0.2) is 10.1 Å². The van der Waals surface area contributed by atoms with Gasteiger partial charge in [-0.15, -0.1) is 23.2 Å². The Morgan fingerprint density at radius 3 is 2.38 bits per heavy atom. The lowest BCUT2D eigenvalue weighted by Crippen LogP contribution is -2.44. The second-order valence-electron chi connectivity index (χ2n) is 5.26. The van der Waals surface area contributed by atoms with E-state index in [-0.39, 0.29) is 22.8 Å². The van der Waals surface area contributed by atoms with Crippen molar-refractivity contribution in [1.29, 1.82) is 0 Å². The molecule has 0 spiro atoms. The standard InChI is InChI=1S/C13H10Cl6O2/c14-9-10(15)12(17)7(4-11(9,16)13(12,18)19)2-1-3-20-5-8-6-21-8/h7-8H,3-6H2. The van der Waals surface area contributed by atoms with Crippen LogP contribution >= 0.6 is 69.6 Å². The smallest absolute Gasteiger partial charge is 0.167 e. The number of halogens is 6. The fraction of sp³-hybridized carbons (Fsp3) is 0.692. The Hall–Kier alpha value is 0.960. The van der Waals surface area contributed by atoms with E-state index in [0.29, 0.717) is 13.0 Å². The molecule has 4 unspecified atom stereocenters. The van der Waals surface area contributed by atoms with E-state index in [2.05, 4.69) is 11.8 Å². The first-order valence-electron chi connectivity index (χ1n) is 6.24. The van der Waals surface area contributed by atoms with Gasteiger partial charge >= 0.3 is 0 Å². The predicted molar refractivity (Wildman–Crippen MR) is 86.8 cm³/mol. The first-order valence-corrected chi connectivity index (χ1v) is 8.51. The van der Waals surface area contributed by atoms with Crippen LogP contribution in [0, 0.1) is 17.8 Å². The van der Waals surface area contributed by atoms with E-state index in [1.807, 2.05) is 0 Å². The van der Waals surface area contributed by atoms with Crippen molar-refractivity contribution in [2.24, 2.45) is 5.92 Å². The first kappa shape index (κ1) is 16.8. The van der Waals surface area contributed by atoms with Crippen LogP contribution in [0.25, 0.3) is 0 Å². The van der Waals surface area contributed by atoms with Gasteiger partial charge in [0.2, 0.25) is 0 Å². The summed E-state index contributed by atoms with van der Waals surface area (Å²) in [6.45, 7) is 1.55. The van der Waals surface area contributed by atoms with Crippen molar-refractivity contribution >= 4 is 69.6 Å². The summed E-state index contributed by atoms with van der Waals surface area (Å²) in [4.78, 5) is -2.51. The Kier molecular flexibility index (Phi) is 4.40. The molecule has 0 amide bonds. The maximum atomic E-state index is 6.58. The molecule has 2 aliphatic carbocycles. The zero-order valence-electron chi connectivity index (χ0n) is 10.6. The van der Waals surface area contributed by atoms with Crippen LogP contribution in [-0.2, 0) is 9.47 Å². The van der Waals surface area contributed by atoms with Gasteiger partial charge in [-0.25, -0.2) is 0 Å². The Morgan fingerprint density at radius 2 is 1.86 bits per heavy atom. The van der Waals surface area contributed by atoms with Gasteiger partial charge in [-0.3, -0.25) is 0 Å². The Morgan fingerprint density at radius 1 is 1.19 bits per heavy atom. The molecule has 1 saturated carbocycles. The number of hydrogen-bond acceptors (Lipinski definition) is 2. The Bertz CT molecular complexity index is 561. The largest absolute Gasteiger partial charge is 0.371 e. The van der Waals surface area contributed by atoms with E-state index in [9.17, 15) is 0 Å². The molecule has 0 N–H and O–H groups in total. The van der Waals surface area contributed by atoms with Gasteiger partial charge < -0.3 is 9.47 Å². The van der Waals surface area contributed by atoms with Gasteiger partial charge in [-0.05, 0) is 6.42 Å². The van der Waals surface area contributed by atoms with Crippen LogP contribution in [0.4, 0.5) is 0 Å². The summed E-state index contributed by atoms with van der Waals surface area (Å²) in [5.74, 6) is 5.50. The summed E-state index contributed by atoms with van der Waals surface area (Å²) in [6, 6.07) is 0. The van der Waals surface area contributed by atoms with Gasteiger partial charge in [0.05, 0.1) is 23.3 Å². The lowest BCUT2D eigenvalue weighted by atomic mass is 9.93. The predicted octanol–water partition coefficient (Wildman–Crippen LogP) is 4.26. The number of ether oxygens (including phenoxy) is 2. The molecule has 4 atom stereocenters. The van der Waals surface area contributed by atoms with Crippen LogP contribution < -0.4 is 0 Å². The molecule has 0 aromatic carbocycles. The SMILES string of the molecule is ClC1=C(Cl)C2(Cl)C(C#CCOCC3CO3)CC1(Cl)C2(Cl)Cl. The van der Waals surface area contributed by atoms with Gasteiger partial charge in [-0.2, -0.15) is 0 Å². The number of hydrogen-bond donors (Lipinski definition) is 0. The Labute approximate surface area is 152 Å². The number of epoxide rings is 1. The minimum absolute atomic E-state index is 0.170. The second kappa shape index (κ2) is 5.50. The Balaban J connectivity index is 1.75. The van der Waals surface area contributed by atoms with Crippen molar-refractivity contribution in [1.82, 2.24) is 0 Å². The molecule has 21 heavy (non-hydrogen) atoms. The third kappa shape index (κ3) is 2.32. The van der Waals surface area contributed by atoms with Crippen LogP contribution in [-0.4, -0.2) is 40.0 Å².